The van der Waals surface area contributed by atoms with Crippen LogP contribution >= 0.6 is 11.6 Å². The van der Waals surface area contributed by atoms with Crippen LogP contribution in [0.25, 0.3) is 0 Å². The number of anilines is 1. The van der Waals surface area contributed by atoms with Crippen LogP contribution in [-0.4, -0.2) is 45.5 Å². The molecular weight excluding hydrogens is 321 g/mol. The standard InChI is InChI=1S/C14H16ClF3N2O2/c1-21-6-8-4-7-5-19-2-3-20(7)13-12(18)11(17)10(16)9(15)14(13)22-8/h7-8,19H,2-6H2,1H3/t7-,8+/m1/s1. The maximum atomic E-state index is 14.3. The molecule has 4 nitrogen and oxygen atoms in total. The molecule has 2 heterocycles. The summed E-state index contributed by atoms with van der Waals surface area (Å²) in [5.41, 5.74) is -0.103. The van der Waals surface area contributed by atoms with E-state index in [4.69, 9.17) is 21.1 Å². The number of hydrogen-bond donors (Lipinski definition) is 1. The van der Waals surface area contributed by atoms with E-state index in [0.29, 0.717) is 26.1 Å². The number of nitrogens with one attached hydrogen (secondary N) is 1. The minimum atomic E-state index is -1.57. The van der Waals surface area contributed by atoms with Crippen molar-refractivity contribution in [2.24, 2.45) is 0 Å². The monoisotopic (exact) mass is 336 g/mol. The fourth-order valence-electron chi connectivity index (χ4n) is 3.04. The van der Waals surface area contributed by atoms with Crippen molar-refractivity contribution in [2.75, 3.05) is 38.3 Å². The number of piperazine rings is 1. The van der Waals surface area contributed by atoms with Crippen molar-refractivity contribution in [3.05, 3.63) is 22.5 Å². The SMILES string of the molecule is COC[C@@H]1C[C@@H]2CNCCN2c2c(F)c(F)c(F)c(Cl)c2O1. The largest absolute Gasteiger partial charge is 0.484 e. The summed E-state index contributed by atoms with van der Waals surface area (Å²) in [6, 6.07) is -0.106. The van der Waals surface area contributed by atoms with E-state index in [1.807, 2.05) is 0 Å². The quantitative estimate of drug-likeness (QED) is 0.664. The minimum absolute atomic E-state index is 0.103. The lowest BCUT2D eigenvalue weighted by atomic mass is 10.1. The number of methoxy groups -OCH3 is 1. The summed E-state index contributed by atoms with van der Waals surface area (Å²) in [6.07, 6.45) is 0.120. The molecule has 0 aromatic heterocycles. The first kappa shape index (κ1) is 15.7. The zero-order chi connectivity index (χ0) is 15.9. The fraction of sp³-hybridized carbons (Fsp3) is 0.571. The maximum Gasteiger partial charge on any atom is 0.198 e. The Labute approximate surface area is 131 Å². The maximum absolute atomic E-state index is 14.3. The number of fused-ring (bicyclic) bond motifs is 3. The summed E-state index contributed by atoms with van der Waals surface area (Å²) in [4.78, 5) is 1.70. The third-order valence-corrected chi connectivity index (χ3v) is 4.35. The molecule has 3 rings (SSSR count). The molecule has 2 atom stereocenters. The van der Waals surface area contributed by atoms with Gasteiger partial charge in [0.2, 0.25) is 0 Å². The lowest BCUT2D eigenvalue weighted by molar-refractivity contribution is 0.0743. The molecule has 1 aromatic rings. The average molecular weight is 337 g/mol. The molecular formula is C14H16ClF3N2O2. The van der Waals surface area contributed by atoms with Gasteiger partial charge in [0.25, 0.3) is 0 Å². The normalized spacial score (nSPS) is 24.3. The highest BCUT2D eigenvalue weighted by Gasteiger charge is 2.38. The van der Waals surface area contributed by atoms with E-state index in [-0.39, 0.29) is 24.1 Å². The van der Waals surface area contributed by atoms with Gasteiger partial charge >= 0.3 is 0 Å². The molecule has 0 radical (unpaired) electrons. The highest BCUT2D eigenvalue weighted by Crippen LogP contribution is 2.45. The first-order chi connectivity index (χ1) is 10.5. The summed E-state index contributed by atoms with van der Waals surface area (Å²) >= 11 is 5.87. The lowest BCUT2D eigenvalue weighted by Crippen LogP contribution is -2.52. The number of rotatable bonds is 2. The summed E-state index contributed by atoms with van der Waals surface area (Å²) in [7, 11) is 1.51. The fourth-order valence-corrected chi connectivity index (χ4v) is 3.25. The third kappa shape index (κ3) is 2.51. The van der Waals surface area contributed by atoms with Crippen LogP contribution in [0.4, 0.5) is 18.9 Å². The van der Waals surface area contributed by atoms with Crippen molar-refractivity contribution < 1.29 is 22.6 Å². The van der Waals surface area contributed by atoms with Gasteiger partial charge in [-0.3, -0.25) is 0 Å². The van der Waals surface area contributed by atoms with Crippen LogP contribution in [-0.2, 0) is 4.74 Å². The van der Waals surface area contributed by atoms with Crippen molar-refractivity contribution in [2.45, 2.75) is 18.6 Å². The zero-order valence-corrected chi connectivity index (χ0v) is 12.7. The Morgan fingerprint density at radius 3 is 2.82 bits per heavy atom. The van der Waals surface area contributed by atoms with E-state index in [2.05, 4.69) is 5.32 Å². The van der Waals surface area contributed by atoms with Gasteiger partial charge in [0.1, 0.15) is 16.8 Å². The van der Waals surface area contributed by atoms with Crippen LogP contribution in [0.15, 0.2) is 0 Å². The van der Waals surface area contributed by atoms with Crippen molar-refractivity contribution in [1.29, 1.82) is 0 Å². The van der Waals surface area contributed by atoms with Gasteiger partial charge in [-0.25, -0.2) is 13.2 Å². The van der Waals surface area contributed by atoms with Crippen LogP contribution in [0, 0.1) is 17.5 Å². The highest BCUT2D eigenvalue weighted by molar-refractivity contribution is 6.32. The molecule has 0 saturated carbocycles. The van der Waals surface area contributed by atoms with Crippen LogP contribution < -0.4 is 15.0 Å². The van der Waals surface area contributed by atoms with E-state index in [0.717, 1.165) is 0 Å². The topological polar surface area (TPSA) is 33.7 Å². The van der Waals surface area contributed by atoms with E-state index < -0.39 is 28.6 Å². The first-order valence-electron chi connectivity index (χ1n) is 7.03. The molecule has 0 aliphatic carbocycles. The lowest BCUT2D eigenvalue weighted by Gasteiger charge is -2.37. The van der Waals surface area contributed by atoms with E-state index in [1.165, 1.54) is 7.11 Å². The van der Waals surface area contributed by atoms with Crippen LogP contribution in [0.3, 0.4) is 0 Å². The van der Waals surface area contributed by atoms with Gasteiger partial charge in [0, 0.05) is 39.2 Å². The summed E-state index contributed by atoms with van der Waals surface area (Å²) < 4.78 is 52.6. The third-order valence-electron chi connectivity index (χ3n) is 4.01. The van der Waals surface area contributed by atoms with E-state index in [1.54, 1.807) is 4.90 Å². The molecule has 122 valence electrons. The predicted octanol–water partition coefficient (Wildman–Crippen LogP) is 2.33. The Morgan fingerprint density at radius 2 is 2.09 bits per heavy atom. The van der Waals surface area contributed by atoms with Gasteiger partial charge in [0.15, 0.2) is 23.2 Å². The molecule has 22 heavy (non-hydrogen) atoms. The molecule has 1 aromatic carbocycles. The number of ether oxygens (including phenoxy) is 2. The second kappa shape index (κ2) is 6.14. The average Bonchev–Trinajstić information content (AvgIpc) is 2.68. The van der Waals surface area contributed by atoms with Gasteiger partial charge < -0.3 is 19.7 Å². The molecule has 1 saturated heterocycles. The Hall–Kier alpha value is -1.18. The summed E-state index contributed by atoms with van der Waals surface area (Å²) in [5, 5.41) is 2.67. The van der Waals surface area contributed by atoms with Gasteiger partial charge in [-0.1, -0.05) is 11.6 Å². The molecule has 0 spiro atoms. The molecule has 8 heteroatoms. The predicted molar refractivity (Wildman–Crippen MR) is 76.2 cm³/mol. The van der Waals surface area contributed by atoms with Crippen molar-refractivity contribution in [1.82, 2.24) is 5.32 Å². The highest BCUT2D eigenvalue weighted by atomic mass is 35.5. The number of halogens is 4. The Morgan fingerprint density at radius 1 is 1.32 bits per heavy atom. The molecule has 0 amide bonds. The first-order valence-corrected chi connectivity index (χ1v) is 7.41. The van der Waals surface area contributed by atoms with Gasteiger partial charge in [-0.2, -0.15) is 0 Å². The number of nitrogens with zero attached hydrogens (tertiary/aromatic N) is 1. The van der Waals surface area contributed by atoms with Crippen molar-refractivity contribution in [3.63, 3.8) is 0 Å². The smallest absolute Gasteiger partial charge is 0.198 e. The van der Waals surface area contributed by atoms with Crippen LogP contribution in [0.5, 0.6) is 5.75 Å². The molecule has 0 bridgehead atoms. The molecule has 1 fully saturated rings. The minimum Gasteiger partial charge on any atom is -0.484 e. The second-order valence-electron chi connectivity index (χ2n) is 5.42. The van der Waals surface area contributed by atoms with Gasteiger partial charge in [0.05, 0.1) is 6.61 Å². The second-order valence-corrected chi connectivity index (χ2v) is 5.79. The molecule has 1 N–H and O–H groups in total. The van der Waals surface area contributed by atoms with E-state index in [9.17, 15) is 13.2 Å². The number of hydrogen-bond acceptors (Lipinski definition) is 4. The zero-order valence-electron chi connectivity index (χ0n) is 12.0. The van der Waals surface area contributed by atoms with Crippen molar-refractivity contribution >= 4 is 17.3 Å². The summed E-state index contributed by atoms with van der Waals surface area (Å²) in [6.45, 7) is 1.92. The van der Waals surface area contributed by atoms with Crippen LogP contribution in [0.2, 0.25) is 5.02 Å². The molecule has 2 aliphatic rings. The number of benzene rings is 1. The Balaban J connectivity index is 2.15. The van der Waals surface area contributed by atoms with Crippen LogP contribution in [0.1, 0.15) is 6.42 Å². The molecule has 2 aliphatic heterocycles. The Bertz CT molecular complexity index is 588. The molecule has 0 unspecified atom stereocenters. The van der Waals surface area contributed by atoms with E-state index >= 15 is 0 Å². The van der Waals surface area contributed by atoms with Crippen molar-refractivity contribution in [3.8, 4) is 5.75 Å². The summed E-state index contributed by atoms with van der Waals surface area (Å²) in [5.74, 6) is -4.41. The Kier molecular flexibility index (Phi) is 4.38. The van der Waals surface area contributed by atoms with Gasteiger partial charge in [-0.15, -0.1) is 0 Å². The van der Waals surface area contributed by atoms with Gasteiger partial charge in [-0.05, 0) is 0 Å².